The number of phenolic OH excluding ortho intramolecular Hbond substituents is 1. The van der Waals surface area contributed by atoms with E-state index in [9.17, 15) is 14.7 Å². The van der Waals surface area contributed by atoms with Crippen molar-refractivity contribution in [3.05, 3.63) is 94.2 Å². The molecule has 0 radical (unpaired) electrons. The van der Waals surface area contributed by atoms with E-state index in [1.807, 2.05) is 59.8 Å². The van der Waals surface area contributed by atoms with Crippen molar-refractivity contribution in [2.45, 2.75) is 19.4 Å². The van der Waals surface area contributed by atoms with Gasteiger partial charge in [-0.1, -0.05) is 54.7 Å². The fourth-order valence-corrected chi connectivity index (χ4v) is 5.14. The number of methoxy groups -OCH3 is 1. The van der Waals surface area contributed by atoms with E-state index < -0.39 is 12.0 Å². The summed E-state index contributed by atoms with van der Waals surface area (Å²) in [7, 11) is 1.34. The van der Waals surface area contributed by atoms with Crippen LogP contribution in [0.2, 0.25) is 0 Å². The molecule has 1 aliphatic heterocycles. The summed E-state index contributed by atoms with van der Waals surface area (Å²) in [6, 6.07) is 14.0. The third-order valence-corrected chi connectivity index (χ3v) is 6.88. The van der Waals surface area contributed by atoms with Gasteiger partial charge in [0.2, 0.25) is 0 Å². The number of phenols is 1. The van der Waals surface area contributed by atoms with Crippen LogP contribution in [0.4, 0.5) is 0 Å². The molecule has 0 saturated heterocycles. The maximum atomic E-state index is 13.5. The first-order valence-corrected chi connectivity index (χ1v) is 11.5. The second-order valence-corrected chi connectivity index (χ2v) is 9.08. The molecular weight excluding hydrogens is 527 g/mol. The monoisotopic (exact) mass is 546 g/mol. The van der Waals surface area contributed by atoms with Crippen molar-refractivity contribution in [2.24, 2.45) is 4.99 Å². The van der Waals surface area contributed by atoms with E-state index in [0.29, 0.717) is 30.6 Å². The van der Waals surface area contributed by atoms with Gasteiger partial charge in [-0.3, -0.25) is 9.36 Å². The van der Waals surface area contributed by atoms with Crippen molar-refractivity contribution in [1.82, 2.24) is 4.57 Å². The summed E-state index contributed by atoms with van der Waals surface area (Å²) < 4.78 is 7.83. The highest BCUT2D eigenvalue weighted by Gasteiger charge is 2.33. The number of carbonyl (C=O) groups excluding carboxylic acids is 1. The van der Waals surface area contributed by atoms with E-state index >= 15 is 0 Å². The van der Waals surface area contributed by atoms with Crippen LogP contribution in [-0.2, 0) is 9.53 Å². The number of aromatic hydroxyl groups is 1. The standard InChI is InChI=1S/C23H19IN2O4S/c1-3-16-19(22(29)30-2)20(14-7-5-4-6-8-14)26-21(28)18(31-23(26)25-16)12-13-9-10-17(27)15(24)11-13/h4-12,20,27H,3H2,1-2H3/b18-12-/t20-/m1/s1. The first-order valence-electron chi connectivity index (χ1n) is 9.61. The van der Waals surface area contributed by atoms with E-state index in [4.69, 9.17) is 4.74 Å². The molecule has 2 heterocycles. The van der Waals surface area contributed by atoms with Crippen LogP contribution in [0.5, 0.6) is 5.75 Å². The summed E-state index contributed by atoms with van der Waals surface area (Å²) in [6.07, 6.45) is 2.32. The number of allylic oxidation sites excluding steroid dienone is 1. The van der Waals surface area contributed by atoms with Crippen LogP contribution in [0.1, 0.15) is 30.5 Å². The number of esters is 1. The Labute approximate surface area is 196 Å². The van der Waals surface area contributed by atoms with Gasteiger partial charge < -0.3 is 9.84 Å². The number of benzene rings is 2. The number of ether oxygens (including phenoxy) is 1. The number of thiazole rings is 1. The van der Waals surface area contributed by atoms with E-state index in [-0.39, 0.29) is 11.3 Å². The molecule has 0 unspecified atom stereocenters. The van der Waals surface area contributed by atoms with Crippen molar-refractivity contribution in [3.63, 3.8) is 0 Å². The Bertz CT molecular complexity index is 1370. The van der Waals surface area contributed by atoms with Gasteiger partial charge >= 0.3 is 5.97 Å². The average molecular weight is 546 g/mol. The Morgan fingerprint density at radius 1 is 1.29 bits per heavy atom. The first-order chi connectivity index (χ1) is 14.9. The predicted octanol–water partition coefficient (Wildman–Crippen LogP) is 3.11. The van der Waals surface area contributed by atoms with Gasteiger partial charge in [0.15, 0.2) is 4.80 Å². The number of fused-ring (bicyclic) bond motifs is 1. The normalized spacial score (nSPS) is 16.1. The molecule has 3 aromatic rings. The number of nitrogens with zero attached hydrogens (tertiary/aromatic N) is 2. The molecule has 1 atom stereocenters. The maximum absolute atomic E-state index is 13.5. The Morgan fingerprint density at radius 3 is 2.68 bits per heavy atom. The number of halogens is 1. The molecule has 1 aliphatic rings. The number of rotatable bonds is 4. The Morgan fingerprint density at radius 2 is 2.03 bits per heavy atom. The second-order valence-electron chi connectivity index (χ2n) is 6.91. The lowest BCUT2D eigenvalue weighted by Crippen LogP contribution is -2.40. The van der Waals surface area contributed by atoms with Crippen LogP contribution in [-0.4, -0.2) is 22.8 Å². The van der Waals surface area contributed by atoms with Crippen LogP contribution in [0.3, 0.4) is 0 Å². The van der Waals surface area contributed by atoms with Crippen molar-refractivity contribution in [1.29, 1.82) is 0 Å². The quantitative estimate of drug-likeness (QED) is 0.403. The first kappa shape index (κ1) is 21.5. The minimum atomic E-state index is -0.609. The minimum absolute atomic E-state index is 0.193. The molecule has 1 N–H and O–H groups in total. The fourth-order valence-electron chi connectivity index (χ4n) is 3.58. The fraction of sp³-hybridized carbons (Fsp3) is 0.174. The summed E-state index contributed by atoms with van der Waals surface area (Å²) in [6.45, 7) is 1.93. The smallest absolute Gasteiger partial charge is 0.338 e. The van der Waals surface area contributed by atoms with E-state index in [1.165, 1.54) is 18.4 Å². The molecule has 6 nitrogen and oxygen atoms in total. The van der Waals surface area contributed by atoms with Crippen molar-refractivity contribution < 1.29 is 14.6 Å². The zero-order valence-corrected chi connectivity index (χ0v) is 19.8. The zero-order valence-electron chi connectivity index (χ0n) is 16.8. The molecule has 4 rings (SSSR count). The number of aromatic nitrogens is 1. The van der Waals surface area contributed by atoms with Gasteiger partial charge in [0.25, 0.3) is 5.56 Å². The Kier molecular flexibility index (Phi) is 6.10. The van der Waals surface area contributed by atoms with Gasteiger partial charge in [0.05, 0.1) is 32.5 Å². The van der Waals surface area contributed by atoms with Gasteiger partial charge in [-0.25, -0.2) is 9.79 Å². The molecule has 2 aromatic carbocycles. The van der Waals surface area contributed by atoms with Crippen molar-refractivity contribution in [3.8, 4) is 5.75 Å². The lowest BCUT2D eigenvalue weighted by atomic mass is 9.95. The van der Waals surface area contributed by atoms with E-state index in [1.54, 1.807) is 28.8 Å². The summed E-state index contributed by atoms with van der Waals surface area (Å²) in [4.78, 5) is 31.4. The van der Waals surface area contributed by atoms with Crippen LogP contribution in [0.15, 0.2) is 69.6 Å². The highest BCUT2D eigenvalue weighted by molar-refractivity contribution is 14.1. The molecule has 0 spiro atoms. The Balaban J connectivity index is 1.99. The molecule has 0 saturated carbocycles. The maximum Gasteiger partial charge on any atom is 0.338 e. The molecule has 0 aliphatic carbocycles. The third kappa shape index (κ3) is 3.97. The second kappa shape index (κ2) is 8.80. The number of hydrogen-bond donors (Lipinski definition) is 1. The van der Waals surface area contributed by atoms with E-state index in [2.05, 4.69) is 4.99 Å². The SMILES string of the molecule is CCC1=C(C(=O)OC)[C@@H](c2ccccc2)n2c(s/c(=C\c3ccc(O)c(I)c3)c2=O)=N1. The van der Waals surface area contributed by atoms with Crippen LogP contribution < -0.4 is 14.9 Å². The lowest BCUT2D eigenvalue weighted by molar-refractivity contribution is -0.136. The van der Waals surface area contributed by atoms with Crippen molar-refractivity contribution in [2.75, 3.05) is 7.11 Å². The van der Waals surface area contributed by atoms with Crippen LogP contribution >= 0.6 is 33.9 Å². The minimum Gasteiger partial charge on any atom is -0.507 e. The third-order valence-electron chi connectivity index (χ3n) is 5.04. The molecule has 158 valence electrons. The molecule has 0 amide bonds. The predicted molar refractivity (Wildman–Crippen MR) is 128 cm³/mol. The molecule has 31 heavy (non-hydrogen) atoms. The van der Waals surface area contributed by atoms with E-state index in [0.717, 1.165) is 11.1 Å². The summed E-state index contributed by atoms with van der Waals surface area (Å²) >= 11 is 3.33. The topological polar surface area (TPSA) is 80.9 Å². The van der Waals surface area contributed by atoms with Crippen LogP contribution in [0, 0.1) is 3.57 Å². The highest BCUT2D eigenvalue weighted by Crippen LogP contribution is 2.31. The molecule has 1 aromatic heterocycles. The summed E-state index contributed by atoms with van der Waals surface area (Å²) in [5.74, 6) is -0.296. The molecule has 8 heteroatoms. The van der Waals surface area contributed by atoms with Gasteiger partial charge in [-0.2, -0.15) is 0 Å². The Hall–Kier alpha value is -2.72. The van der Waals surface area contributed by atoms with Crippen LogP contribution in [0.25, 0.3) is 6.08 Å². The summed E-state index contributed by atoms with van der Waals surface area (Å²) in [5, 5.41) is 9.77. The van der Waals surface area contributed by atoms with Crippen molar-refractivity contribution >= 4 is 46.0 Å². The molecule has 0 fully saturated rings. The summed E-state index contributed by atoms with van der Waals surface area (Å²) in [5.41, 5.74) is 2.39. The zero-order chi connectivity index (χ0) is 22.1. The van der Waals surface area contributed by atoms with Gasteiger partial charge in [0, 0.05) is 0 Å². The number of carbonyl (C=O) groups is 1. The highest BCUT2D eigenvalue weighted by atomic mass is 127. The number of hydrogen-bond acceptors (Lipinski definition) is 6. The lowest BCUT2D eigenvalue weighted by Gasteiger charge is -2.25. The van der Waals surface area contributed by atoms with Gasteiger partial charge in [-0.05, 0) is 58.3 Å². The molecule has 0 bridgehead atoms. The average Bonchev–Trinajstić information content (AvgIpc) is 3.09. The largest absolute Gasteiger partial charge is 0.507 e. The van der Waals surface area contributed by atoms with Gasteiger partial charge in [-0.15, -0.1) is 0 Å². The van der Waals surface area contributed by atoms with Gasteiger partial charge in [0.1, 0.15) is 5.75 Å². The molecular formula is C23H19IN2O4S.